The number of aliphatic hydroxyl groups excluding tert-OH is 1. The molecule has 1 amide bonds. The van der Waals surface area contributed by atoms with Gasteiger partial charge < -0.3 is 19.5 Å². The lowest BCUT2D eigenvalue weighted by atomic mass is 9.98. The summed E-state index contributed by atoms with van der Waals surface area (Å²) in [6, 6.07) is 18.1. The van der Waals surface area contributed by atoms with Crippen LogP contribution in [0, 0.1) is 11.3 Å². The molecular weight excluding hydrogens is 491 g/mol. The number of rotatable bonds is 8. The maximum atomic E-state index is 13.3. The third-order valence-electron chi connectivity index (χ3n) is 5.04. The highest BCUT2D eigenvalue weighted by molar-refractivity contribution is 6.41. The van der Waals surface area contributed by atoms with Crippen molar-refractivity contribution in [2.45, 2.75) is 12.8 Å². The first kappa shape index (κ1) is 27.9. The molecule has 0 saturated carbocycles. The third-order valence-corrected chi connectivity index (χ3v) is 5.79. The van der Waals surface area contributed by atoms with Crippen LogP contribution in [0.5, 0.6) is 5.75 Å². The Morgan fingerprint density at radius 3 is 2.20 bits per heavy atom. The van der Waals surface area contributed by atoms with E-state index in [1.54, 1.807) is 30.3 Å². The summed E-state index contributed by atoms with van der Waals surface area (Å²) in [5.74, 6) is -0.797. The molecule has 7 nitrogen and oxygen atoms in total. The maximum Gasteiger partial charge on any atom is 0.325 e. The Kier molecular flexibility index (Phi) is 11.3. The van der Waals surface area contributed by atoms with Gasteiger partial charge in [0.2, 0.25) is 0 Å². The summed E-state index contributed by atoms with van der Waals surface area (Å²) >= 11 is 11.2. The van der Waals surface area contributed by atoms with Gasteiger partial charge in [-0.15, -0.1) is 0 Å². The third kappa shape index (κ3) is 7.59. The maximum absolute atomic E-state index is 13.3. The van der Waals surface area contributed by atoms with E-state index >= 15 is 0 Å². The Morgan fingerprint density at radius 1 is 1.03 bits per heavy atom. The molecule has 0 atom stereocenters. The molecule has 9 heteroatoms. The largest absolute Gasteiger partial charge is 0.495 e. The lowest BCUT2D eigenvalue weighted by Gasteiger charge is -2.23. The molecule has 0 aliphatic rings. The first-order valence-corrected chi connectivity index (χ1v) is 11.5. The number of nitriles is 1. The van der Waals surface area contributed by atoms with Crippen molar-refractivity contribution in [2.75, 3.05) is 33.9 Å². The number of halogens is 2. The number of aliphatic hydroxyl groups is 1. The van der Waals surface area contributed by atoms with E-state index in [0.717, 1.165) is 5.39 Å². The van der Waals surface area contributed by atoms with Crippen LogP contribution in [0.2, 0.25) is 10.0 Å². The molecule has 0 fully saturated rings. The number of nitrogens with zero attached hydrogens (tertiary/aromatic N) is 2. The lowest BCUT2D eigenvalue weighted by molar-refractivity contribution is -0.141. The minimum absolute atomic E-state index is 0.00355. The quantitative estimate of drug-likeness (QED) is 0.330. The number of carbonyl (C=O) groups is 2. The van der Waals surface area contributed by atoms with Crippen LogP contribution in [-0.2, 0) is 9.53 Å². The smallest absolute Gasteiger partial charge is 0.325 e. The molecule has 3 aromatic carbocycles. The molecule has 0 radical (unpaired) electrons. The first-order valence-electron chi connectivity index (χ1n) is 10.7. The Hall–Kier alpha value is -3.31. The predicted octanol–water partition coefficient (Wildman–Crippen LogP) is 5.10. The zero-order valence-corrected chi connectivity index (χ0v) is 21.0. The van der Waals surface area contributed by atoms with Crippen molar-refractivity contribution in [3.05, 3.63) is 75.8 Å². The SMILES string of the molecule is COC(=O)CN(CCCCO)C(=O)c1c(OC)c(C#N)cc2ccccc12.Clc1ccccc1Cl. The first-order chi connectivity index (χ1) is 16.9. The highest BCUT2D eigenvalue weighted by atomic mass is 35.5. The highest BCUT2D eigenvalue weighted by Gasteiger charge is 2.26. The molecule has 0 aromatic heterocycles. The molecule has 3 aromatic rings. The van der Waals surface area contributed by atoms with Crippen LogP contribution in [0.25, 0.3) is 10.8 Å². The number of carbonyl (C=O) groups excluding carboxylic acids is 2. The van der Waals surface area contributed by atoms with E-state index < -0.39 is 11.9 Å². The van der Waals surface area contributed by atoms with Crippen molar-refractivity contribution < 1.29 is 24.2 Å². The van der Waals surface area contributed by atoms with E-state index in [1.165, 1.54) is 19.1 Å². The minimum atomic E-state index is -0.549. The number of methoxy groups -OCH3 is 2. The second-order valence-corrected chi connectivity index (χ2v) is 8.13. The van der Waals surface area contributed by atoms with Gasteiger partial charge >= 0.3 is 5.97 Å². The Morgan fingerprint density at radius 2 is 1.66 bits per heavy atom. The Balaban J connectivity index is 0.000000456. The second kappa shape index (κ2) is 14.2. The van der Waals surface area contributed by atoms with E-state index in [4.69, 9.17) is 37.8 Å². The van der Waals surface area contributed by atoms with Gasteiger partial charge in [-0.1, -0.05) is 59.6 Å². The Labute approximate surface area is 214 Å². The highest BCUT2D eigenvalue weighted by Crippen LogP contribution is 2.33. The van der Waals surface area contributed by atoms with Crippen LogP contribution < -0.4 is 4.74 Å². The Bertz CT molecular complexity index is 1190. The van der Waals surface area contributed by atoms with Crippen molar-refractivity contribution in [1.29, 1.82) is 5.26 Å². The van der Waals surface area contributed by atoms with Gasteiger partial charge in [-0.3, -0.25) is 9.59 Å². The molecule has 3 rings (SSSR count). The topological polar surface area (TPSA) is 99.9 Å². The fraction of sp³-hybridized carbons (Fsp3) is 0.269. The van der Waals surface area contributed by atoms with E-state index in [1.807, 2.05) is 24.3 Å². The van der Waals surface area contributed by atoms with Crippen molar-refractivity contribution in [3.8, 4) is 11.8 Å². The standard InChI is InChI=1S/C20H22N2O5.C6H4Cl2/c1-26-17(24)13-22(9-5-6-10-23)20(25)18-16-8-4-3-7-14(16)11-15(12-21)19(18)27-2;7-5-3-1-2-4-6(5)8/h3-4,7-8,11,23H,5-6,9-10,13H2,1-2H3;1-4H. The van der Waals surface area contributed by atoms with Gasteiger partial charge in [-0.2, -0.15) is 5.26 Å². The molecule has 0 spiro atoms. The van der Waals surface area contributed by atoms with Crippen LogP contribution >= 0.6 is 23.2 Å². The number of amides is 1. The average molecular weight is 517 g/mol. The average Bonchev–Trinajstić information content (AvgIpc) is 2.88. The number of fused-ring (bicyclic) bond motifs is 1. The fourth-order valence-corrected chi connectivity index (χ4v) is 3.59. The van der Waals surface area contributed by atoms with Crippen LogP contribution in [-0.4, -0.2) is 55.8 Å². The molecule has 1 N–H and O–H groups in total. The van der Waals surface area contributed by atoms with Crippen LogP contribution in [0.3, 0.4) is 0 Å². The van der Waals surface area contributed by atoms with Crippen LogP contribution in [0.15, 0.2) is 54.6 Å². The van der Waals surface area contributed by atoms with Crippen molar-refractivity contribution in [2.24, 2.45) is 0 Å². The summed E-state index contributed by atoms with van der Waals surface area (Å²) in [5.41, 5.74) is 0.480. The predicted molar refractivity (Wildman–Crippen MR) is 136 cm³/mol. The van der Waals surface area contributed by atoms with Gasteiger partial charge in [0, 0.05) is 13.2 Å². The zero-order chi connectivity index (χ0) is 25.8. The van der Waals surface area contributed by atoms with Gasteiger partial charge in [0.25, 0.3) is 5.91 Å². The van der Waals surface area contributed by atoms with E-state index in [0.29, 0.717) is 28.3 Å². The summed E-state index contributed by atoms with van der Waals surface area (Å²) in [7, 11) is 2.66. The van der Waals surface area contributed by atoms with E-state index in [9.17, 15) is 14.9 Å². The van der Waals surface area contributed by atoms with Crippen LogP contribution in [0.1, 0.15) is 28.8 Å². The van der Waals surface area contributed by atoms with Gasteiger partial charge in [0.05, 0.1) is 35.4 Å². The number of hydrogen-bond donors (Lipinski definition) is 1. The molecular formula is C26H26Cl2N2O5. The summed E-state index contributed by atoms with van der Waals surface area (Å²) in [4.78, 5) is 26.5. The van der Waals surface area contributed by atoms with Crippen molar-refractivity contribution in [3.63, 3.8) is 0 Å². The van der Waals surface area contributed by atoms with Crippen molar-refractivity contribution in [1.82, 2.24) is 4.90 Å². The summed E-state index contributed by atoms with van der Waals surface area (Å²) < 4.78 is 10.1. The molecule has 184 valence electrons. The molecule has 0 saturated heterocycles. The minimum Gasteiger partial charge on any atom is -0.495 e. The number of esters is 1. The lowest BCUT2D eigenvalue weighted by Crippen LogP contribution is -2.37. The number of hydrogen-bond acceptors (Lipinski definition) is 6. The van der Waals surface area contributed by atoms with Gasteiger partial charge in [0.1, 0.15) is 18.4 Å². The zero-order valence-electron chi connectivity index (χ0n) is 19.5. The van der Waals surface area contributed by atoms with Gasteiger partial charge in [-0.25, -0.2) is 0 Å². The molecule has 0 heterocycles. The van der Waals surface area contributed by atoms with Gasteiger partial charge in [-0.05, 0) is 41.8 Å². The summed E-state index contributed by atoms with van der Waals surface area (Å²) in [6.07, 6.45) is 1.03. The molecule has 35 heavy (non-hydrogen) atoms. The van der Waals surface area contributed by atoms with E-state index in [2.05, 4.69) is 6.07 Å². The molecule has 0 aliphatic carbocycles. The number of ether oxygens (including phenoxy) is 2. The molecule has 0 unspecified atom stereocenters. The number of unbranched alkanes of at least 4 members (excludes halogenated alkanes) is 1. The fourth-order valence-electron chi connectivity index (χ4n) is 3.32. The van der Waals surface area contributed by atoms with Gasteiger partial charge in [0.15, 0.2) is 0 Å². The normalized spacial score (nSPS) is 10.1. The molecule has 0 aliphatic heterocycles. The summed E-state index contributed by atoms with van der Waals surface area (Å²) in [6.45, 7) is 0.0359. The molecule has 0 bridgehead atoms. The van der Waals surface area contributed by atoms with Crippen LogP contribution in [0.4, 0.5) is 0 Å². The monoisotopic (exact) mass is 516 g/mol. The summed E-state index contributed by atoms with van der Waals surface area (Å²) in [5, 5.41) is 21.0. The van der Waals surface area contributed by atoms with E-state index in [-0.39, 0.29) is 36.6 Å². The van der Waals surface area contributed by atoms with Crippen molar-refractivity contribution >= 4 is 45.9 Å². The number of benzene rings is 3. The second-order valence-electron chi connectivity index (χ2n) is 7.31.